The van der Waals surface area contributed by atoms with Crippen molar-refractivity contribution in [2.24, 2.45) is 0 Å². The van der Waals surface area contributed by atoms with Crippen molar-refractivity contribution in [1.29, 1.82) is 0 Å². The van der Waals surface area contributed by atoms with Gasteiger partial charge >= 0.3 is 0 Å². The quantitative estimate of drug-likeness (QED) is 0.161. The van der Waals surface area contributed by atoms with E-state index >= 15 is 0 Å². The van der Waals surface area contributed by atoms with Crippen LogP contribution in [0.2, 0.25) is 0 Å². The topological polar surface area (TPSA) is 56.5 Å². The number of aromatic nitrogens is 5. The van der Waals surface area contributed by atoms with Crippen molar-refractivity contribution in [1.82, 2.24) is 24.5 Å². The highest BCUT2D eigenvalue weighted by molar-refractivity contribution is 6.10. The zero-order chi connectivity index (χ0) is 43.3. The Balaban J connectivity index is 1.27. The van der Waals surface area contributed by atoms with Gasteiger partial charge in [-0.15, -0.1) is 0 Å². The van der Waals surface area contributed by atoms with Crippen molar-refractivity contribution in [2.75, 3.05) is 0 Å². The fraction of sp³-hybridized carbons (Fsp3) is 0.138. The fourth-order valence-electron chi connectivity index (χ4n) is 8.52. The van der Waals surface area contributed by atoms with Gasteiger partial charge in [0, 0.05) is 33.7 Å². The molecule has 0 amide bonds. The zero-order valence-corrected chi connectivity index (χ0v) is 36.6. The second-order valence-corrected chi connectivity index (χ2v) is 18.4. The molecule has 10 aromatic rings. The first-order valence-electron chi connectivity index (χ1n) is 21.7. The van der Waals surface area contributed by atoms with Crippen LogP contribution in [0.1, 0.15) is 52.7 Å². The van der Waals surface area contributed by atoms with Gasteiger partial charge in [0.15, 0.2) is 17.5 Å². The molecule has 3 heterocycles. The normalized spacial score (nSPS) is 12.0. The molecule has 0 aliphatic heterocycles. The molecule has 0 spiro atoms. The van der Waals surface area contributed by atoms with E-state index in [1.807, 2.05) is 42.6 Å². The molecule has 0 radical (unpaired) electrons. The Morgan fingerprint density at radius 1 is 0.349 bits per heavy atom. The highest BCUT2D eigenvalue weighted by Crippen LogP contribution is 2.41. The summed E-state index contributed by atoms with van der Waals surface area (Å²) in [6, 6.07) is 64.3. The van der Waals surface area contributed by atoms with Crippen molar-refractivity contribution < 1.29 is 0 Å². The monoisotopic (exact) mass is 815 g/mol. The Morgan fingerprint density at radius 2 is 0.778 bits per heavy atom. The minimum atomic E-state index is -0.0312. The van der Waals surface area contributed by atoms with Gasteiger partial charge in [-0.05, 0) is 86.2 Å². The number of fused-ring (bicyclic) bond motifs is 3. The Bertz CT molecular complexity index is 3140. The molecule has 0 atom stereocenters. The molecule has 5 heteroatoms. The highest BCUT2D eigenvalue weighted by atomic mass is 15.1. The summed E-state index contributed by atoms with van der Waals surface area (Å²) in [5, 5.41) is 2.38. The van der Waals surface area contributed by atoms with Gasteiger partial charge in [0.25, 0.3) is 0 Å². The van der Waals surface area contributed by atoms with Crippen molar-refractivity contribution in [3.05, 3.63) is 199 Å². The van der Waals surface area contributed by atoms with Gasteiger partial charge in [0.2, 0.25) is 0 Å². The predicted molar refractivity (Wildman–Crippen MR) is 262 cm³/mol. The SMILES string of the molecule is CC(C)(C)c1ccc2c(c1)c1cc(C(C)(C)C)ccc1n2-c1ncc(-c2ccc(-c3ccccc3)c(-c3ccccc3)c2)cc1-c1nc(-c2ccccc2)nc(-c2ccccc2)n1. The van der Waals surface area contributed by atoms with Crippen molar-refractivity contribution in [3.8, 4) is 73.4 Å². The standard InChI is InChI=1S/C58H49N5/c1-57(2,3)44-28-31-51-48(35-44)49-36-45(58(4,5)6)29-32-52(49)63(51)56-50(55-61-53(40-23-15-9-16-24-40)60-54(62-55)41-25-17-10-18-26-41)34-43(37-59-56)42-27-30-46(38-19-11-7-12-20-38)47(33-42)39-21-13-8-14-22-39/h7-37H,1-6H3. The van der Waals surface area contributed by atoms with E-state index in [0.717, 1.165) is 55.8 Å². The predicted octanol–water partition coefficient (Wildman–Crippen LogP) is 15.0. The first kappa shape index (κ1) is 39.6. The van der Waals surface area contributed by atoms with Crippen molar-refractivity contribution >= 4 is 21.8 Å². The van der Waals surface area contributed by atoms with Gasteiger partial charge in [-0.3, -0.25) is 4.57 Å². The summed E-state index contributed by atoms with van der Waals surface area (Å²) in [4.78, 5) is 21.1. The van der Waals surface area contributed by atoms with Crippen LogP contribution in [0.5, 0.6) is 0 Å². The molecule has 7 aromatic carbocycles. The Hall–Kier alpha value is -7.50. The maximum Gasteiger partial charge on any atom is 0.167 e. The minimum Gasteiger partial charge on any atom is -0.293 e. The Labute approximate surface area is 369 Å². The molecular weight excluding hydrogens is 767 g/mol. The largest absolute Gasteiger partial charge is 0.293 e. The third kappa shape index (κ3) is 7.61. The lowest BCUT2D eigenvalue weighted by Gasteiger charge is -2.19. The van der Waals surface area contributed by atoms with Gasteiger partial charge in [-0.2, -0.15) is 0 Å². The van der Waals surface area contributed by atoms with Crippen LogP contribution in [0.3, 0.4) is 0 Å². The molecule has 306 valence electrons. The maximum atomic E-state index is 5.47. The molecule has 0 saturated heterocycles. The molecule has 10 rings (SSSR count). The molecule has 5 nitrogen and oxygen atoms in total. The lowest BCUT2D eigenvalue weighted by molar-refractivity contribution is 0.590. The molecule has 3 aromatic heterocycles. The van der Waals surface area contributed by atoms with Crippen LogP contribution in [-0.2, 0) is 10.8 Å². The van der Waals surface area contributed by atoms with Crippen LogP contribution in [0, 0.1) is 0 Å². The summed E-state index contributed by atoms with van der Waals surface area (Å²) >= 11 is 0. The summed E-state index contributed by atoms with van der Waals surface area (Å²) in [6.07, 6.45) is 2.01. The molecule has 63 heavy (non-hydrogen) atoms. The van der Waals surface area contributed by atoms with Crippen LogP contribution < -0.4 is 0 Å². The fourth-order valence-corrected chi connectivity index (χ4v) is 8.52. The molecule has 0 bridgehead atoms. The van der Waals surface area contributed by atoms with Gasteiger partial charge < -0.3 is 0 Å². The van der Waals surface area contributed by atoms with E-state index in [1.165, 1.54) is 33.0 Å². The second kappa shape index (κ2) is 15.8. The van der Waals surface area contributed by atoms with Gasteiger partial charge in [0.1, 0.15) is 5.82 Å². The molecule has 0 aliphatic rings. The number of hydrogen-bond donors (Lipinski definition) is 0. The van der Waals surface area contributed by atoms with Crippen LogP contribution in [0.4, 0.5) is 0 Å². The summed E-state index contributed by atoms with van der Waals surface area (Å²) in [5.41, 5.74) is 13.9. The molecular formula is C58H49N5. The van der Waals surface area contributed by atoms with E-state index in [0.29, 0.717) is 17.5 Å². The number of benzene rings is 7. The van der Waals surface area contributed by atoms with E-state index in [-0.39, 0.29) is 10.8 Å². The summed E-state index contributed by atoms with van der Waals surface area (Å²) in [7, 11) is 0. The number of nitrogens with zero attached hydrogens (tertiary/aromatic N) is 5. The lowest BCUT2D eigenvalue weighted by atomic mass is 9.85. The lowest BCUT2D eigenvalue weighted by Crippen LogP contribution is -2.10. The van der Waals surface area contributed by atoms with E-state index in [9.17, 15) is 0 Å². The maximum absolute atomic E-state index is 5.47. The molecule has 0 unspecified atom stereocenters. The van der Waals surface area contributed by atoms with E-state index < -0.39 is 0 Å². The minimum absolute atomic E-state index is 0.0312. The van der Waals surface area contributed by atoms with Crippen LogP contribution in [-0.4, -0.2) is 24.5 Å². The van der Waals surface area contributed by atoms with Crippen molar-refractivity contribution in [2.45, 2.75) is 52.4 Å². The molecule has 0 saturated carbocycles. The summed E-state index contributed by atoms with van der Waals surface area (Å²) < 4.78 is 2.31. The number of hydrogen-bond acceptors (Lipinski definition) is 4. The van der Waals surface area contributed by atoms with Gasteiger partial charge in [-0.1, -0.05) is 187 Å². The van der Waals surface area contributed by atoms with E-state index in [4.69, 9.17) is 19.9 Å². The van der Waals surface area contributed by atoms with Gasteiger partial charge in [-0.25, -0.2) is 19.9 Å². The van der Waals surface area contributed by atoms with Crippen LogP contribution in [0.25, 0.3) is 95.2 Å². The second-order valence-electron chi connectivity index (χ2n) is 18.4. The first-order chi connectivity index (χ1) is 30.5. The Kier molecular flexibility index (Phi) is 9.91. The van der Waals surface area contributed by atoms with Gasteiger partial charge in [0.05, 0.1) is 16.6 Å². The highest BCUT2D eigenvalue weighted by Gasteiger charge is 2.25. The molecule has 0 N–H and O–H groups in total. The molecule has 0 aliphatic carbocycles. The van der Waals surface area contributed by atoms with Crippen molar-refractivity contribution in [3.63, 3.8) is 0 Å². The number of rotatable bonds is 7. The van der Waals surface area contributed by atoms with Crippen LogP contribution >= 0.6 is 0 Å². The zero-order valence-electron chi connectivity index (χ0n) is 36.6. The van der Waals surface area contributed by atoms with E-state index in [1.54, 1.807) is 0 Å². The third-order valence-corrected chi connectivity index (χ3v) is 12.0. The average molecular weight is 816 g/mol. The Morgan fingerprint density at radius 3 is 1.25 bits per heavy atom. The summed E-state index contributed by atoms with van der Waals surface area (Å²) in [5.74, 6) is 2.49. The molecule has 0 fully saturated rings. The third-order valence-electron chi connectivity index (χ3n) is 12.0. The number of pyridine rings is 1. The first-order valence-corrected chi connectivity index (χ1v) is 21.7. The average Bonchev–Trinajstić information content (AvgIpc) is 3.64. The van der Waals surface area contributed by atoms with Crippen LogP contribution in [0.15, 0.2) is 188 Å². The smallest absolute Gasteiger partial charge is 0.167 e. The summed E-state index contributed by atoms with van der Waals surface area (Å²) in [6.45, 7) is 13.7. The van der Waals surface area contributed by atoms with E-state index in [2.05, 4.69) is 192 Å².